The number of carbonyl (C=O) groups is 2. The molecule has 0 saturated carbocycles. The molecule has 3 aromatic rings. The van der Waals surface area contributed by atoms with Crippen LogP contribution in [0.1, 0.15) is 34.0 Å². The summed E-state index contributed by atoms with van der Waals surface area (Å²) in [6.45, 7) is 5.49. The first kappa shape index (κ1) is 21.1. The largest absolute Gasteiger partial charge is 0.481 e. The first-order chi connectivity index (χ1) is 14.3. The second-order valence-corrected chi connectivity index (χ2v) is 7.05. The summed E-state index contributed by atoms with van der Waals surface area (Å²) in [6.07, 6.45) is -0.761. The Hall–Kier alpha value is -3.61. The van der Waals surface area contributed by atoms with Crippen molar-refractivity contribution < 1.29 is 18.7 Å². The van der Waals surface area contributed by atoms with E-state index in [1.807, 2.05) is 19.1 Å². The van der Waals surface area contributed by atoms with Crippen LogP contribution in [0.2, 0.25) is 0 Å². The third kappa shape index (κ3) is 4.51. The molecule has 1 atom stereocenters. The first-order valence-corrected chi connectivity index (χ1v) is 9.59. The number of nitrogens with one attached hydrogen (secondary N) is 2. The fourth-order valence-corrected chi connectivity index (χ4v) is 3.06. The van der Waals surface area contributed by atoms with Crippen LogP contribution in [0.25, 0.3) is 11.0 Å². The molecule has 0 aliphatic rings. The second kappa shape index (κ2) is 8.82. The minimum atomic E-state index is -0.761. The van der Waals surface area contributed by atoms with Gasteiger partial charge in [0.2, 0.25) is 0 Å². The summed E-state index contributed by atoms with van der Waals surface area (Å²) in [5.74, 6) is -0.0617. The van der Waals surface area contributed by atoms with Crippen LogP contribution in [-0.4, -0.2) is 25.0 Å². The van der Waals surface area contributed by atoms with Crippen molar-refractivity contribution in [1.82, 2.24) is 10.6 Å². The van der Waals surface area contributed by atoms with Crippen LogP contribution in [0.15, 0.2) is 51.7 Å². The molecule has 0 spiro atoms. The van der Waals surface area contributed by atoms with E-state index in [0.29, 0.717) is 22.5 Å². The van der Waals surface area contributed by atoms with Crippen molar-refractivity contribution in [2.24, 2.45) is 0 Å². The summed E-state index contributed by atoms with van der Waals surface area (Å²) in [5.41, 5.74) is 2.79. The molecular weight excluding hydrogens is 384 g/mol. The van der Waals surface area contributed by atoms with E-state index in [1.54, 1.807) is 51.2 Å². The SMILES string of the molecule is CNC(=O)c1cccc(CNC(=O)C(C)Oc2ccc3c(C)c(C)c(=O)oc3c2)c1. The number of hydrogen-bond donors (Lipinski definition) is 2. The molecule has 0 aliphatic carbocycles. The molecule has 0 saturated heterocycles. The van der Waals surface area contributed by atoms with E-state index >= 15 is 0 Å². The standard InChI is InChI=1S/C23H24N2O5/c1-13-14(2)23(28)30-20-11-18(8-9-19(13)20)29-15(3)21(26)25-12-16-6-5-7-17(10-16)22(27)24-4/h5-11,15H,12H2,1-4H3,(H,24,27)(H,25,26). The highest BCUT2D eigenvalue weighted by atomic mass is 16.5. The molecular formula is C23H24N2O5. The molecule has 30 heavy (non-hydrogen) atoms. The highest BCUT2D eigenvalue weighted by Gasteiger charge is 2.16. The molecule has 0 aliphatic heterocycles. The van der Waals surface area contributed by atoms with Crippen molar-refractivity contribution in [2.75, 3.05) is 7.05 Å². The normalized spacial score (nSPS) is 11.7. The summed E-state index contributed by atoms with van der Waals surface area (Å²) in [5, 5.41) is 6.19. The van der Waals surface area contributed by atoms with Crippen LogP contribution in [0, 0.1) is 13.8 Å². The van der Waals surface area contributed by atoms with E-state index in [-0.39, 0.29) is 24.0 Å². The second-order valence-electron chi connectivity index (χ2n) is 7.05. The van der Waals surface area contributed by atoms with Crippen molar-refractivity contribution in [1.29, 1.82) is 0 Å². The minimum absolute atomic E-state index is 0.187. The summed E-state index contributed by atoms with van der Waals surface area (Å²) in [7, 11) is 1.57. The van der Waals surface area contributed by atoms with Crippen LogP contribution in [0.3, 0.4) is 0 Å². The molecule has 1 aromatic heterocycles. The molecule has 2 N–H and O–H groups in total. The van der Waals surface area contributed by atoms with Gasteiger partial charge in [0.25, 0.3) is 11.8 Å². The van der Waals surface area contributed by atoms with Gasteiger partial charge in [-0.15, -0.1) is 0 Å². The summed E-state index contributed by atoms with van der Waals surface area (Å²) >= 11 is 0. The molecule has 3 rings (SSSR count). The van der Waals surface area contributed by atoms with Gasteiger partial charge < -0.3 is 19.8 Å². The van der Waals surface area contributed by atoms with E-state index in [0.717, 1.165) is 16.5 Å². The minimum Gasteiger partial charge on any atom is -0.481 e. The van der Waals surface area contributed by atoms with E-state index in [4.69, 9.17) is 9.15 Å². The van der Waals surface area contributed by atoms with Crippen LogP contribution >= 0.6 is 0 Å². The molecule has 1 heterocycles. The summed E-state index contributed by atoms with van der Waals surface area (Å²) in [4.78, 5) is 36.1. The molecule has 156 valence electrons. The zero-order chi connectivity index (χ0) is 21.8. The number of carbonyl (C=O) groups excluding carboxylic acids is 2. The molecule has 7 nitrogen and oxygen atoms in total. The molecule has 0 fully saturated rings. The van der Waals surface area contributed by atoms with Crippen molar-refractivity contribution in [3.63, 3.8) is 0 Å². The number of fused-ring (bicyclic) bond motifs is 1. The quantitative estimate of drug-likeness (QED) is 0.611. The Bertz CT molecular complexity index is 1170. The van der Waals surface area contributed by atoms with Crippen molar-refractivity contribution in [2.45, 2.75) is 33.4 Å². The van der Waals surface area contributed by atoms with Gasteiger partial charge in [0.1, 0.15) is 11.3 Å². The van der Waals surface area contributed by atoms with Crippen molar-refractivity contribution in [3.8, 4) is 5.75 Å². The van der Waals surface area contributed by atoms with Gasteiger partial charge in [-0.05, 0) is 56.2 Å². The predicted molar refractivity (Wildman–Crippen MR) is 114 cm³/mol. The van der Waals surface area contributed by atoms with Gasteiger partial charge in [0.15, 0.2) is 6.10 Å². The van der Waals surface area contributed by atoms with E-state index in [9.17, 15) is 14.4 Å². The lowest BCUT2D eigenvalue weighted by Gasteiger charge is -2.15. The van der Waals surface area contributed by atoms with Crippen LogP contribution in [0.5, 0.6) is 5.75 Å². The predicted octanol–water partition coefficient (Wildman–Crippen LogP) is 2.85. The fourth-order valence-electron chi connectivity index (χ4n) is 3.06. The fraction of sp³-hybridized carbons (Fsp3) is 0.261. The van der Waals surface area contributed by atoms with E-state index < -0.39 is 6.10 Å². The Morgan fingerprint density at radius 1 is 1.10 bits per heavy atom. The maximum Gasteiger partial charge on any atom is 0.339 e. The summed E-state index contributed by atoms with van der Waals surface area (Å²) in [6, 6.07) is 12.2. The zero-order valence-corrected chi connectivity index (χ0v) is 17.4. The Morgan fingerprint density at radius 2 is 1.87 bits per heavy atom. The number of benzene rings is 2. The Balaban J connectivity index is 1.66. The number of hydrogen-bond acceptors (Lipinski definition) is 5. The molecule has 7 heteroatoms. The summed E-state index contributed by atoms with van der Waals surface area (Å²) < 4.78 is 11.1. The van der Waals surface area contributed by atoms with Gasteiger partial charge in [-0.2, -0.15) is 0 Å². The average Bonchev–Trinajstić information content (AvgIpc) is 2.75. The number of aryl methyl sites for hydroxylation is 1. The monoisotopic (exact) mass is 408 g/mol. The van der Waals surface area contributed by atoms with Gasteiger partial charge in [-0.3, -0.25) is 9.59 Å². The van der Waals surface area contributed by atoms with Crippen LogP contribution in [0.4, 0.5) is 0 Å². The van der Waals surface area contributed by atoms with Gasteiger partial charge in [0.05, 0.1) is 0 Å². The smallest absolute Gasteiger partial charge is 0.339 e. The topological polar surface area (TPSA) is 97.6 Å². The molecule has 1 unspecified atom stereocenters. The number of rotatable bonds is 6. The average molecular weight is 408 g/mol. The molecule has 2 amide bonds. The van der Waals surface area contributed by atoms with Gasteiger partial charge in [-0.25, -0.2) is 4.79 Å². The third-order valence-corrected chi connectivity index (χ3v) is 4.99. The molecule has 0 radical (unpaired) electrons. The third-order valence-electron chi connectivity index (χ3n) is 4.99. The zero-order valence-electron chi connectivity index (χ0n) is 17.4. The lowest BCUT2D eigenvalue weighted by Crippen LogP contribution is -2.36. The Morgan fingerprint density at radius 3 is 2.60 bits per heavy atom. The maximum absolute atomic E-state index is 12.4. The Kier molecular flexibility index (Phi) is 6.20. The van der Waals surface area contributed by atoms with Gasteiger partial charge in [-0.1, -0.05) is 12.1 Å². The van der Waals surface area contributed by atoms with Crippen molar-refractivity contribution >= 4 is 22.8 Å². The highest BCUT2D eigenvalue weighted by molar-refractivity contribution is 5.94. The first-order valence-electron chi connectivity index (χ1n) is 9.59. The Labute approximate surface area is 174 Å². The lowest BCUT2D eigenvalue weighted by atomic mass is 10.1. The van der Waals surface area contributed by atoms with Gasteiger partial charge >= 0.3 is 5.63 Å². The maximum atomic E-state index is 12.4. The van der Waals surface area contributed by atoms with Crippen molar-refractivity contribution in [3.05, 3.63) is 75.1 Å². The van der Waals surface area contributed by atoms with E-state index in [1.165, 1.54) is 0 Å². The van der Waals surface area contributed by atoms with E-state index in [2.05, 4.69) is 10.6 Å². The number of ether oxygens (including phenoxy) is 1. The number of amides is 2. The van der Waals surface area contributed by atoms with Crippen LogP contribution < -0.4 is 21.0 Å². The lowest BCUT2D eigenvalue weighted by molar-refractivity contribution is -0.127. The van der Waals surface area contributed by atoms with Crippen LogP contribution in [-0.2, 0) is 11.3 Å². The molecule has 2 aromatic carbocycles. The highest BCUT2D eigenvalue weighted by Crippen LogP contribution is 2.24. The molecule has 0 bridgehead atoms. The van der Waals surface area contributed by atoms with Gasteiger partial charge in [0, 0.05) is 36.2 Å².